The number of anilines is 1. The summed E-state index contributed by atoms with van der Waals surface area (Å²) in [6.07, 6.45) is 0. The second-order valence-electron chi connectivity index (χ2n) is 7.03. The van der Waals surface area contributed by atoms with Crippen LogP contribution in [-0.4, -0.2) is 19.2 Å². The average molecular weight is 553 g/mol. The molecule has 3 aromatic rings. The lowest BCUT2D eigenvalue weighted by atomic mass is 10.1. The molecule has 3 rings (SSSR count). The Hall–Kier alpha value is -2.41. The van der Waals surface area contributed by atoms with E-state index in [1.54, 1.807) is 31.2 Å². The number of halogens is 3. The second-order valence-corrected chi connectivity index (χ2v) is 8.70. The minimum atomic E-state index is -0.328. The van der Waals surface area contributed by atoms with Crippen molar-refractivity contribution in [2.24, 2.45) is 0 Å². The van der Waals surface area contributed by atoms with Crippen molar-refractivity contribution >= 4 is 50.8 Å². The van der Waals surface area contributed by atoms with Crippen molar-refractivity contribution in [1.29, 1.82) is 0 Å². The van der Waals surface area contributed by atoms with E-state index in [4.69, 9.17) is 37.4 Å². The molecule has 0 aliphatic carbocycles. The van der Waals surface area contributed by atoms with Crippen molar-refractivity contribution in [1.82, 2.24) is 0 Å². The van der Waals surface area contributed by atoms with Crippen LogP contribution in [0.15, 0.2) is 59.1 Å². The zero-order valence-corrected chi connectivity index (χ0v) is 21.4. The maximum absolute atomic E-state index is 11.8. The van der Waals surface area contributed by atoms with Crippen molar-refractivity contribution < 1.29 is 19.0 Å². The summed E-state index contributed by atoms with van der Waals surface area (Å²) < 4.78 is 17.7. The molecular weight excluding hydrogens is 529 g/mol. The first-order valence-electron chi connectivity index (χ1n) is 10.4. The Morgan fingerprint density at radius 3 is 2.33 bits per heavy atom. The molecule has 0 amide bonds. The summed E-state index contributed by atoms with van der Waals surface area (Å²) in [4.78, 5) is 11.8. The van der Waals surface area contributed by atoms with Crippen molar-refractivity contribution in [3.05, 3.63) is 85.8 Å². The van der Waals surface area contributed by atoms with E-state index < -0.39 is 0 Å². The summed E-state index contributed by atoms with van der Waals surface area (Å²) in [5.74, 6) is 0.928. The molecule has 33 heavy (non-hydrogen) atoms. The summed E-state index contributed by atoms with van der Waals surface area (Å²) in [6, 6.07) is 16.5. The van der Waals surface area contributed by atoms with Crippen LogP contribution in [0, 0.1) is 0 Å². The van der Waals surface area contributed by atoms with Gasteiger partial charge in [-0.15, -0.1) is 0 Å². The molecule has 0 saturated heterocycles. The van der Waals surface area contributed by atoms with Crippen LogP contribution in [0.25, 0.3) is 0 Å². The van der Waals surface area contributed by atoms with Crippen LogP contribution in [0.4, 0.5) is 5.69 Å². The van der Waals surface area contributed by atoms with Crippen LogP contribution in [-0.2, 0) is 17.9 Å². The van der Waals surface area contributed by atoms with Gasteiger partial charge >= 0.3 is 5.97 Å². The third kappa shape index (κ3) is 7.03. The normalized spacial score (nSPS) is 10.6. The third-order valence-corrected chi connectivity index (χ3v) is 5.96. The highest BCUT2D eigenvalue weighted by atomic mass is 79.9. The van der Waals surface area contributed by atoms with Gasteiger partial charge in [0.25, 0.3) is 0 Å². The van der Waals surface area contributed by atoms with E-state index in [-0.39, 0.29) is 5.97 Å². The van der Waals surface area contributed by atoms with Gasteiger partial charge in [-0.3, -0.25) is 0 Å². The molecule has 0 spiro atoms. The van der Waals surface area contributed by atoms with Gasteiger partial charge < -0.3 is 19.5 Å². The van der Waals surface area contributed by atoms with Crippen molar-refractivity contribution in [3.63, 3.8) is 0 Å². The first-order chi connectivity index (χ1) is 15.9. The summed E-state index contributed by atoms with van der Waals surface area (Å²) in [6.45, 7) is 5.44. The molecule has 0 radical (unpaired) electrons. The lowest BCUT2D eigenvalue weighted by Crippen LogP contribution is -2.06. The molecule has 0 saturated carbocycles. The van der Waals surface area contributed by atoms with E-state index >= 15 is 0 Å². The van der Waals surface area contributed by atoms with E-state index in [1.807, 2.05) is 37.3 Å². The minimum absolute atomic E-state index is 0.319. The predicted molar refractivity (Wildman–Crippen MR) is 136 cm³/mol. The maximum atomic E-state index is 11.8. The number of esters is 1. The number of hydrogen-bond donors (Lipinski definition) is 1. The Morgan fingerprint density at radius 1 is 0.909 bits per heavy atom. The molecular formula is C25H24BrCl2NO4. The second kappa shape index (κ2) is 12.2. The van der Waals surface area contributed by atoms with Gasteiger partial charge in [0.05, 0.1) is 33.3 Å². The highest BCUT2D eigenvalue weighted by Gasteiger charge is 2.13. The van der Waals surface area contributed by atoms with Crippen molar-refractivity contribution in [2.45, 2.75) is 27.0 Å². The summed E-state index contributed by atoms with van der Waals surface area (Å²) in [7, 11) is 0. The molecule has 0 atom stereocenters. The standard InChI is InChI=1S/C25H24BrCl2NO4/c1-3-31-23-13-17(14-29-19-8-6-18(7-9-19)25(30)32-4-2)11-20(26)24(23)33-15-16-5-10-21(27)22(28)12-16/h5-13,29H,3-4,14-15H2,1-2H3. The van der Waals surface area contributed by atoms with E-state index in [2.05, 4.69) is 21.2 Å². The number of hydrogen-bond acceptors (Lipinski definition) is 5. The van der Waals surface area contributed by atoms with Crippen LogP contribution >= 0.6 is 39.1 Å². The van der Waals surface area contributed by atoms with E-state index in [1.165, 1.54) is 0 Å². The molecule has 0 aromatic heterocycles. The fraction of sp³-hybridized carbons (Fsp3) is 0.240. The van der Waals surface area contributed by atoms with E-state index in [9.17, 15) is 4.79 Å². The Kier molecular flexibility index (Phi) is 9.30. The lowest BCUT2D eigenvalue weighted by molar-refractivity contribution is 0.0526. The van der Waals surface area contributed by atoms with Crippen molar-refractivity contribution in [3.8, 4) is 11.5 Å². The monoisotopic (exact) mass is 551 g/mol. The van der Waals surface area contributed by atoms with Gasteiger partial charge in [0.15, 0.2) is 11.5 Å². The number of carbonyl (C=O) groups is 1. The minimum Gasteiger partial charge on any atom is -0.490 e. The number of nitrogens with one attached hydrogen (secondary N) is 1. The van der Waals surface area contributed by atoms with Crippen LogP contribution in [0.1, 0.15) is 35.3 Å². The average Bonchev–Trinajstić information content (AvgIpc) is 2.80. The first kappa shape index (κ1) is 25.2. The molecule has 0 aliphatic heterocycles. The Morgan fingerprint density at radius 2 is 1.67 bits per heavy atom. The van der Waals surface area contributed by atoms with Gasteiger partial charge in [0.2, 0.25) is 0 Å². The highest BCUT2D eigenvalue weighted by molar-refractivity contribution is 9.10. The fourth-order valence-electron chi connectivity index (χ4n) is 3.05. The van der Waals surface area contributed by atoms with Crippen LogP contribution < -0.4 is 14.8 Å². The molecule has 1 N–H and O–H groups in total. The highest BCUT2D eigenvalue weighted by Crippen LogP contribution is 2.38. The van der Waals surface area contributed by atoms with Gasteiger partial charge in [0, 0.05) is 12.2 Å². The SMILES string of the molecule is CCOC(=O)c1ccc(NCc2cc(Br)c(OCc3ccc(Cl)c(Cl)c3)c(OCC)c2)cc1. The largest absolute Gasteiger partial charge is 0.490 e. The molecule has 8 heteroatoms. The topological polar surface area (TPSA) is 56.8 Å². The Bertz CT molecular complexity index is 1110. The van der Waals surface area contributed by atoms with Gasteiger partial charge in [-0.1, -0.05) is 29.3 Å². The third-order valence-electron chi connectivity index (χ3n) is 4.63. The maximum Gasteiger partial charge on any atom is 0.338 e. The van der Waals surface area contributed by atoms with Gasteiger partial charge in [-0.25, -0.2) is 4.79 Å². The molecule has 0 aliphatic rings. The molecule has 0 bridgehead atoms. The zero-order valence-electron chi connectivity index (χ0n) is 18.3. The lowest BCUT2D eigenvalue weighted by Gasteiger charge is -2.16. The molecule has 0 heterocycles. The Balaban J connectivity index is 1.69. The first-order valence-corrected chi connectivity index (χ1v) is 12.0. The van der Waals surface area contributed by atoms with Crippen LogP contribution in [0.2, 0.25) is 10.0 Å². The van der Waals surface area contributed by atoms with E-state index in [0.29, 0.717) is 53.5 Å². The number of benzene rings is 3. The number of carbonyl (C=O) groups excluding carboxylic acids is 1. The quantitative estimate of drug-likeness (QED) is 0.263. The summed E-state index contributed by atoms with van der Waals surface area (Å²) in [5, 5.41) is 4.34. The summed E-state index contributed by atoms with van der Waals surface area (Å²) in [5.41, 5.74) is 3.31. The van der Waals surface area contributed by atoms with Crippen LogP contribution in [0.5, 0.6) is 11.5 Å². The van der Waals surface area contributed by atoms with Gasteiger partial charge in [-0.05, 0) is 89.4 Å². The fourth-order valence-corrected chi connectivity index (χ4v) is 3.98. The molecule has 5 nitrogen and oxygen atoms in total. The summed E-state index contributed by atoms with van der Waals surface area (Å²) >= 11 is 15.7. The number of ether oxygens (including phenoxy) is 3. The van der Waals surface area contributed by atoms with E-state index in [0.717, 1.165) is 21.3 Å². The molecule has 0 fully saturated rings. The van der Waals surface area contributed by atoms with Gasteiger partial charge in [-0.2, -0.15) is 0 Å². The molecule has 3 aromatic carbocycles. The predicted octanol–water partition coefficient (Wildman–Crippen LogP) is 7.52. The molecule has 174 valence electrons. The zero-order chi connectivity index (χ0) is 23.8. The smallest absolute Gasteiger partial charge is 0.338 e. The number of rotatable bonds is 10. The van der Waals surface area contributed by atoms with Crippen LogP contribution in [0.3, 0.4) is 0 Å². The Labute approximate surface area is 212 Å². The van der Waals surface area contributed by atoms with Crippen molar-refractivity contribution in [2.75, 3.05) is 18.5 Å². The van der Waals surface area contributed by atoms with Gasteiger partial charge in [0.1, 0.15) is 6.61 Å². The molecule has 0 unspecified atom stereocenters.